The van der Waals surface area contributed by atoms with Crippen molar-refractivity contribution in [2.75, 3.05) is 13.7 Å². The number of H-pyrrole nitrogens is 1. The summed E-state index contributed by atoms with van der Waals surface area (Å²) in [5, 5.41) is 12.0. The van der Waals surface area contributed by atoms with Crippen molar-refractivity contribution in [3.63, 3.8) is 0 Å². The molecule has 31 heavy (non-hydrogen) atoms. The number of thiazole rings is 1. The Hall–Kier alpha value is -2.68. The van der Waals surface area contributed by atoms with Crippen LogP contribution in [0.25, 0.3) is 21.5 Å². The molecule has 0 saturated carbocycles. The first-order chi connectivity index (χ1) is 15.0. The Morgan fingerprint density at radius 3 is 2.84 bits per heavy atom. The zero-order valence-electron chi connectivity index (χ0n) is 16.8. The molecule has 0 spiro atoms. The van der Waals surface area contributed by atoms with Gasteiger partial charge in [-0.3, -0.25) is 9.69 Å². The first kappa shape index (κ1) is 20.2. The average Bonchev–Trinajstić information content (AvgIpc) is 3.37. The molecule has 6 nitrogen and oxygen atoms in total. The number of aliphatic carboxylic acids is 1. The molecular weight excluding hydrogens is 478 g/mol. The van der Waals surface area contributed by atoms with E-state index < -0.39 is 12.0 Å². The van der Waals surface area contributed by atoms with E-state index in [1.54, 1.807) is 18.4 Å². The number of fused-ring (bicyclic) bond motifs is 2. The molecule has 2 aromatic heterocycles. The van der Waals surface area contributed by atoms with Crippen molar-refractivity contribution in [3.8, 4) is 16.3 Å². The number of hydrogen-bond donors (Lipinski definition) is 2. The molecule has 2 N–H and O–H groups in total. The van der Waals surface area contributed by atoms with E-state index in [0.29, 0.717) is 13.1 Å². The molecule has 0 bridgehead atoms. The van der Waals surface area contributed by atoms with E-state index in [1.807, 2.05) is 53.6 Å². The maximum absolute atomic E-state index is 12.3. The number of nitrogens with zero attached hydrogens (tertiary/aromatic N) is 2. The summed E-state index contributed by atoms with van der Waals surface area (Å²) in [5.41, 5.74) is 3.83. The zero-order chi connectivity index (χ0) is 21.5. The zero-order valence-corrected chi connectivity index (χ0v) is 19.2. The minimum Gasteiger partial charge on any atom is -0.497 e. The van der Waals surface area contributed by atoms with Crippen LogP contribution in [0.4, 0.5) is 0 Å². The number of carboxylic acids is 1. The van der Waals surface area contributed by atoms with Gasteiger partial charge >= 0.3 is 5.97 Å². The molecule has 4 aromatic rings. The highest BCUT2D eigenvalue weighted by Crippen LogP contribution is 2.37. The van der Waals surface area contributed by atoms with E-state index in [9.17, 15) is 9.90 Å². The van der Waals surface area contributed by atoms with Crippen molar-refractivity contribution in [3.05, 3.63) is 69.3 Å². The lowest BCUT2D eigenvalue weighted by Gasteiger charge is -2.31. The fourth-order valence-electron chi connectivity index (χ4n) is 4.13. The third kappa shape index (κ3) is 3.75. The van der Waals surface area contributed by atoms with Gasteiger partial charge in [0.15, 0.2) is 0 Å². The van der Waals surface area contributed by atoms with E-state index in [2.05, 4.69) is 20.9 Å². The first-order valence-corrected chi connectivity index (χ1v) is 11.5. The van der Waals surface area contributed by atoms with Gasteiger partial charge in [-0.1, -0.05) is 22.0 Å². The second-order valence-corrected chi connectivity index (χ2v) is 9.51. The molecule has 0 radical (unpaired) electrons. The fourth-order valence-corrected chi connectivity index (χ4v) is 5.63. The van der Waals surface area contributed by atoms with Gasteiger partial charge in [0.25, 0.3) is 0 Å². The number of aromatic nitrogens is 2. The Kier molecular flexibility index (Phi) is 5.29. The van der Waals surface area contributed by atoms with Crippen molar-refractivity contribution in [2.45, 2.75) is 19.0 Å². The standard InChI is InChI=1S/C23H20BrN3O3S/c1-30-15-5-2-13(3-6-15)22-26-18-8-9-27(12-20(18)31-22)21(23(28)29)17-11-25-19-10-14(24)4-7-16(17)19/h2-7,10-11,21,25H,8-9,12H2,1H3,(H,28,29)/t21-/m0/s1. The topological polar surface area (TPSA) is 78.4 Å². The van der Waals surface area contributed by atoms with E-state index in [4.69, 9.17) is 9.72 Å². The Labute approximate surface area is 191 Å². The maximum Gasteiger partial charge on any atom is 0.325 e. The van der Waals surface area contributed by atoms with E-state index in [1.165, 1.54) is 0 Å². The van der Waals surface area contributed by atoms with Gasteiger partial charge in [-0.05, 0) is 36.4 Å². The van der Waals surface area contributed by atoms with E-state index >= 15 is 0 Å². The number of rotatable bonds is 5. The summed E-state index contributed by atoms with van der Waals surface area (Å²) in [6, 6.07) is 13.0. The van der Waals surface area contributed by atoms with Crippen LogP contribution in [-0.2, 0) is 17.8 Å². The normalized spacial score (nSPS) is 15.0. The van der Waals surface area contributed by atoms with Crippen LogP contribution in [0, 0.1) is 0 Å². The molecule has 158 valence electrons. The molecule has 2 aromatic carbocycles. The molecule has 0 saturated heterocycles. The molecule has 0 fully saturated rings. The number of carbonyl (C=O) groups is 1. The summed E-state index contributed by atoms with van der Waals surface area (Å²) < 4.78 is 6.19. The van der Waals surface area contributed by atoms with Crippen LogP contribution in [-0.4, -0.2) is 39.6 Å². The van der Waals surface area contributed by atoms with Crippen LogP contribution in [0.3, 0.4) is 0 Å². The minimum absolute atomic E-state index is 0.573. The SMILES string of the molecule is COc1ccc(-c2nc3c(s2)CN([C@H](C(=O)O)c2c[nH]c4cc(Br)ccc24)CC3)cc1. The van der Waals surface area contributed by atoms with Crippen LogP contribution < -0.4 is 4.74 Å². The summed E-state index contributed by atoms with van der Waals surface area (Å²) in [4.78, 5) is 23.5. The third-order valence-electron chi connectivity index (χ3n) is 5.67. The summed E-state index contributed by atoms with van der Waals surface area (Å²) in [6.45, 7) is 1.22. The molecule has 1 aliphatic rings. The molecule has 0 aliphatic carbocycles. The largest absolute Gasteiger partial charge is 0.497 e. The number of ether oxygens (including phenoxy) is 1. The first-order valence-electron chi connectivity index (χ1n) is 9.90. The van der Waals surface area contributed by atoms with E-state index in [-0.39, 0.29) is 0 Å². The molecule has 8 heteroatoms. The van der Waals surface area contributed by atoms with Gasteiger partial charge < -0.3 is 14.8 Å². The fraction of sp³-hybridized carbons (Fsp3) is 0.217. The number of carboxylic acid groups (broad SMARTS) is 1. The van der Waals surface area contributed by atoms with Gasteiger partial charge in [0, 0.05) is 57.1 Å². The Bertz CT molecular complexity index is 1270. The Morgan fingerprint density at radius 2 is 2.10 bits per heavy atom. The van der Waals surface area contributed by atoms with E-state index in [0.717, 1.165) is 54.3 Å². The number of hydrogen-bond acceptors (Lipinski definition) is 5. The quantitative estimate of drug-likeness (QED) is 0.393. The second-order valence-electron chi connectivity index (χ2n) is 7.51. The van der Waals surface area contributed by atoms with Crippen LogP contribution in [0.2, 0.25) is 0 Å². The van der Waals surface area contributed by atoms with Gasteiger partial charge in [0.05, 0.1) is 12.8 Å². The van der Waals surface area contributed by atoms with Crippen molar-refractivity contribution >= 4 is 44.1 Å². The van der Waals surface area contributed by atoms with Gasteiger partial charge in [0.1, 0.15) is 16.8 Å². The predicted octanol–water partition coefficient (Wildman–Crippen LogP) is 5.25. The highest BCUT2D eigenvalue weighted by atomic mass is 79.9. The Morgan fingerprint density at radius 1 is 1.29 bits per heavy atom. The molecule has 0 amide bonds. The maximum atomic E-state index is 12.3. The average molecular weight is 498 g/mol. The molecule has 1 atom stereocenters. The minimum atomic E-state index is -0.841. The lowest BCUT2D eigenvalue weighted by atomic mass is 10.0. The van der Waals surface area contributed by atoms with Gasteiger partial charge in [-0.15, -0.1) is 11.3 Å². The van der Waals surface area contributed by atoms with Crippen LogP contribution >= 0.6 is 27.3 Å². The predicted molar refractivity (Wildman–Crippen MR) is 125 cm³/mol. The van der Waals surface area contributed by atoms with Gasteiger partial charge in [0.2, 0.25) is 0 Å². The number of halogens is 1. The van der Waals surface area contributed by atoms with Crippen LogP contribution in [0.15, 0.2) is 53.1 Å². The Balaban J connectivity index is 1.45. The van der Waals surface area contributed by atoms with Crippen molar-refractivity contribution in [2.24, 2.45) is 0 Å². The third-order valence-corrected chi connectivity index (χ3v) is 7.29. The summed E-state index contributed by atoms with van der Waals surface area (Å²) >= 11 is 5.11. The number of aromatic amines is 1. The lowest BCUT2D eigenvalue weighted by molar-refractivity contribution is -0.144. The number of nitrogens with one attached hydrogen (secondary N) is 1. The monoisotopic (exact) mass is 497 g/mol. The molecular formula is C23H20BrN3O3S. The lowest BCUT2D eigenvalue weighted by Crippen LogP contribution is -2.37. The second kappa shape index (κ2) is 8.11. The smallest absolute Gasteiger partial charge is 0.325 e. The van der Waals surface area contributed by atoms with Crippen LogP contribution in [0.5, 0.6) is 5.75 Å². The van der Waals surface area contributed by atoms with Gasteiger partial charge in [-0.2, -0.15) is 0 Å². The highest BCUT2D eigenvalue weighted by Gasteiger charge is 2.33. The molecule has 5 rings (SSSR count). The highest BCUT2D eigenvalue weighted by molar-refractivity contribution is 9.10. The van der Waals surface area contributed by atoms with Crippen molar-refractivity contribution < 1.29 is 14.6 Å². The van der Waals surface area contributed by atoms with Crippen LogP contribution in [0.1, 0.15) is 22.2 Å². The number of benzene rings is 2. The molecule has 3 heterocycles. The summed E-state index contributed by atoms with van der Waals surface area (Å²) in [5.74, 6) is -0.0292. The molecule has 0 unspecified atom stereocenters. The van der Waals surface area contributed by atoms with Gasteiger partial charge in [-0.25, -0.2) is 4.98 Å². The number of methoxy groups -OCH3 is 1. The van der Waals surface area contributed by atoms with Crippen molar-refractivity contribution in [1.29, 1.82) is 0 Å². The van der Waals surface area contributed by atoms with Crippen molar-refractivity contribution in [1.82, 2.24) is 14.9 Å². The summed E-state index contributed by atoms with van der Waals surface area (Å²) in [7, 11) is 1.65. The molecule has 1 aliphatic heterocycles. The summed E-state index contributed by atoms with van der Waals surface area (Å²) in [6.07, 6.45) is 2.56.